The maximum Gasteiger partial charge on any atom is 0.204 e. The number of nitrogens with two attached hydrogens (primary N) is 1. The van der Waals surface area contributed by atoms with E-state index in [0.29, 0.717) is 29.5 Å². The molecule has 0 saturated carbocycles. The summed E-state index contributed by atoms with van der Waals surface area (Å²) < 4.78 is 11.1. The second-order valence-electron chi connectivity index (χ2n) is 8.41. The standard InChI is InChI=1S/C26H29NO6/c1-13(2)6-8-15-17(10-21(32-5)23(27)25(15)31)18-12-33-26-16(9-7-14(3)4)19(28)11-20(29)22(26)24(18)30/h6-7,10-12,28-29,31H,8-9,27H2,1-5H3. The van der Waals surface area contributed by atoms with E-state index in [1.807, 2.05) is 39.8 Å². The molecule has 0 aliphatic rings. The molecule has 3 rings (SSSR count). The molecule has 7 heteroatoms. The predicted octanol–water partition coefficient (Wildman–Crippen LogP) is 5.19. The Labute approximate surface area is 192 Å². The number of methoxy groups -OCH3 is 1. The highest BCUT2D eigenvalue weighted by molar-refractivity contribution is 5.92. The summed E-state index contributed by atoms with van der Waals surface area (Å²) in [4.78, 5) is 13.6. The first kappa shape index (κ1) is 23.8. The summed E-state index contributed by atoms with van der Waals surface area (Å²) in [6.45, 7) is 7.69. The van der Waals surface area contributed by atoms with Crippen LogP contribution < -0.4 is 15.9 Å². The minimum absolute atomic E-state index is 0.0501. The summed E-state index contributed by atoms with van der Waals surface area (Å²) in [5, 5.41) is 31.6. The lowest BCUT2D eigenvalue weighted by molar-refractivity contribution is 0.410. The molecule has 1 heterocycles. The third-order valence-electron chi connectivity index (χ3n) is 5.45. The van der Waals surface area contributed by atoms with Gasteiger partial charge >= 0.3 is 0 Å². The molecule has 3 aromatic rings. The second-order valence-corrected chi connectivity index (χ2v) is 8.41. The average Bonchev–Trinajstić information content (AvgIpc) is 2.74. The van der Waals surface area contributed by atoms with Gasteiger partial charge in [0.2, 0.25) is 5.43 Å². The minimum Gasteiger partial charge on any atom is -0.507 e. The van der Waals surface area contributed by atoms with Gasteiger partial charge in [-0.15, -0.1) is 0 Å². The first-order valence-corrected chi connectivity index (χ1v) is 10.5. The topological polar surface area (TPSA) is 126 Å². The van der Waals surface area contributed by atoms with E-state index in [2.05, 4.69) is 0 Å². The second kappa shape index (κ2) is 9.32. The number of ether oxygens (including phenoxy) is 1. The van der Waals surface area contributed by atoms with Gasteiger partial charge in [-0.1, -0.05) is 23.3 Å². The van der Waals surface area contributed by atoms with Crippen LogP contribution in [0, 0.1) is 0 Å². The van der Waals surface area contributed by atoms with E-state index in [1.165, 1.54) is 13.4 Å². The number of benzene rings is 2. The zero-order valence-electron chi connectivity index (χ0n) is 19.4. The molecule has 0 spiro atoms. The number of anilines is 1. The van der Waals surface area contributed by atoms with Crippen molar-refractivity contribution >= 4 is 16.7 Å². The van der Waals surface area contributed by atoms with Gasteiger partial charge in [-0.05, 0) is 52.2 Å². The van der Waals surface area contributed by atoms with Crippen LogP contribution in [0.25, 0.3) is 22.1 Å². The molecule has 0 fully saturated rings. The Hall–Kier alpha value is -3.87. The normalized spacial score (nSPS) is 10.8. The molecule has 0 saturated heterocycles. The highest BCUT2D eigenvalue weighted by atomic mass is 16.5. The zero-order valence-corrected chi connectivity index (χ0v) is 19.4. The largest absolute Gasteiger partial charge is 0.507 e. The van der Waals surface area contributed by atoms with Gasteiger partial charge in [0.25, 0.3) is 0 Å². The Morgan fingerprint density at radius 1 is 0.970 bits per heavy atom. The fourth-order valence-corrected chi connectivity index (χ4v) is 3.64. The van der Waals surface area contributed by atoms with Gasteiger partial charge in [0.05, 0.1) is 12.7 Å². The van der Waals surface area contributed by atoms with Crippen molar-refractivity contribution in [2.75, 3.05) is 12.8 Å². The summed E-state index contributed by atoms with van der Waals surface area (Å²) in [6, 6.07) is 2.71. The molecule has 2 aromatic carbocycles. The van der Waals surface area contributed by atoms with Crippen molar-refractivity contribution in [3.63, 3.8) is 0 Å². The molecule has 0 atom stereocenters. The lowest BCUT2D eigenvalue weighted by atomic mass is 9.94. The number of rotatable bonds is 6. The summed E-state index contributed by atoms with van der Waals surface area (Å²) in [7, 11) is 1.41. The van der Waals surface area contributed by atoms with Crippen molar-refractivity contribution < 1.29 is 24.5 Å². The van der Waals surface area contributed by atoms with Crippen molar-refractivity contribution in [2.24, 2.45) is 0 Å². The molecule has 0 amide bonds. The Balaban J connectivity index is 2.36. The number of hydrogen-bond acceptors (Lipinski definition) is 7. The van der Waals surface area contributed by atoms with Crippen molar-refractivity contribution in [1.29, 1.82) is 0 Å². The minimum atomic E-state index is -0.503. The number of phenols is 3. The zero-order chi connectivity index (χ0) is 24.4. The van der Waals surface area contributed by atoms with Crippen LogP contribution in [-0.2, 0) is 12.8 Å². The number of phenolic OH excluding ortho intramolecular Hbond substituents is 3. The van der Waals surface area contributed by atoms with Crippen LogP contribution in [0.3, 0.4) is 0 Å². The Morgan fingerprint density at radius 2 is 1.58 bits per heavy atom. The van der Waals surface area contributed by atoms with E-state index in [9.17, 15) is 20.1 Å². The van der Waals surface area contributed by atoms with E-state index in [-0.39, 0.29) is 39.5 Å². The fraction of sp³-hybridized carbons (Fsp3) is 0.269. The lowest BCUT2D eigenvalue weighted by Crippen LogP contribution is -2.09. The van der Waals surface area contributed by atoms with Gasteiger partial charge in [0.1, 0.15) is 45.9 Å². The molecule has 1 aromatic heterocycles. The number of allylic oxidation sites excluding steroid dienone is 4. The van der Waals surface area contributed by atoms with Crippen LogP contribution in [-0.4, -0.2) is 22.4 Å². The van der Waals surface area contributed by atoms with Crippen LogP contribution in [0.5, 0.6) is 23.0 Å². The maximum atomic E-state index is 13.6. The van der Waals surface area contributed by atoms with Crippen LogP contribution in [0.15, 0.2) is 50.9 Å². The molecule has 0 radical (unpaired) electrons. The molecular weight excluding hydrogens is 422 g/mol. The Morgan fingerprint density at radius 3 is 2.15 bits per heavy atom. The van der Waals surface area contributed by atoms with Gasteiger partial charge in [0.15, 0.2) is 0 Å². The fourth-order valence-electron chi connectivity index (χ4n) is 3.64. The lowest BCUT2D eigenvalue weighted by Gasteiger charge is -2.16. The molecular formula is C26H29NO6. The number of hydrogen-bond donors (Lipinski definition) is 4. The van der Waals surface area contributed by atoms with Gasteiger partial charge in [-0.2, -0.15) is 0 Å². The molecule has 0 aliphatic carbocycles. The highest BCUT2D eigenvalue weighted by Crippen LogP contribution is 2.42. The smallest absolute Gasteiger partial charge is 0.204 e. The molecule has 7 nitrogen and oxygen atoms in total. The van der Waals surface area contributed by atoms with Gasteiger partial charge < -0.3 is 30.2 Å². The van der Waals surface area contributed by atoms with Crippen LogP contribution in [0.2, 0.25) is 0 Å². The molecule has 0 unspecified atom stereocenters. The third-order valence-corrected chi connectivity index (χ3v) is 5.45. The van der Waals surface area contributed by atoms with Gasteiger partial charge in [-0.3, -0.25) is 4.79 Å². The van der Waals surface area contributed by atoms with Gasteiger partial charge in [0, 0.05) is 17.2 Å². The average molecular weight is 452 g/mol. The van der Waals surface area contributed by atoms with Crippen LogP contribution in [0.1, 0.15) is 38.8 Å². The molecule has 5 N–H and O–H groups in total. The molecule has 0 aliphatic heterocycles. The summed E-state index contributed by atoms with van der Waals surface area (Å²) in [6.07, 6.45) is 5.71. The first-order chi connectivity index (χ1) is 15.6. The van der Waals surface area contributed by atoms with E-state index >= 15 is 0 Å². The van der Waals surface area contributed by atoms with E-state index in [1.54, 1.807) is 6.07 Å². The maximum absolute atomic E-state index is 13.6. The van der Waals surface area contributed by atoms with Crippen LogP contribution in [0.4, 0.5) is 5.69 Å². The number of aromatic hydroxyl groups is 3. The van der Waals surface area contributed by atoms with E-state index < -0.39 is 11.2 Å². The molecule has 0 bridgehead atoms. The van der Waals surface area contributed by atoms with E-state index in [0.717, 1.165) is 17.2 Å². The van der Waals surface area contributed by atoms with Crippen molar-refractivity contribution in [3.8, 4) is 34.1 Å². The summed E-state index contributed by atoms with van der Waals surface area (Å²) in [5.74, 6) is -0.524. The number of nitrogen functional groups attached to an aromatic ring is 1. The van der Waals surface area contributed by atoms with Gasteiger partial charge in [-0.25, -0.2) is 0 Å². The highest BCUT2D eigenvalue weighted by Gasteiger charge is 2.23. The SMILES string of the molecule is COc1cc(-c2coc3c(CC=C(C)C)c(O)cc(O)c3c2=O)c(CC=C(C)C)c(O)c1N. The van der Waals surface area contributed by atoms with E-state index in [4.69, 9.17) is 14.9 Å². The first-order valence-electron chi connectivity index (χ1n) is 10.5. The molecule has 174 valence electrons. The summed E-state index contributed by atoms with van der Waals surface area (Å²) >= 11 is 0. The van der Waals surface area contributed by atoms with Crippen molar-refractivity contribution in [2.45, 2.75) is 40.5 Å². The van der Waals surface area contributed by atoms with Crippen LogP contribution >= 0.6 is 0 Å². The third kappa shape index (κ3) is 4.53. The Bertz CT molecular complexity index is 1340. The number of fused-ring (bicyclic) bond motifs is 1. The van der Waals surface area contributed by atoms with Crippen molar-refractivity contribution in [1.82, 2.24) is 0 Å². The Kier molecular flexibility index (Phi) is 6.72. The monoisotopic (exact) mass is 451 g/mol. The summed E-state index contributed by atoms with van der Waals surface area (Å²) in [5.41, 5.74) is 9.09. The predicted molar refractivity (Wildman–Crippen MR) is 130 cm³/mol. The molecule has 33 heavy (non-hydrogen) atoms. The van der Waals surface area contributed by atoms with Crippen molar-refractivity contribution in [3.05, 3.63) is 63.0 Å². The quantitative estimate of drug-likeness (QED) is 0.231.